The Morgan fingerprint density at radius 1 is 1.43 bits per heavy atom. The van der Waals surface area contributed by atoms with Crippen LogP contribution in [0, 0.1) is 0 Å². The second kappa shape index (κ2) is 5.46. The van der Waals surface area contributed by atoms with Gasteiger partial charge in [-0.3, -0.25) is 4.68 Å². The number of hydrogen-bond acceptors (Lipinski definition) is 4. The van der Waals surface area contributed by atoms with Crippen LogP contribution >= 0.6 is 11.6 Å². The second-order valence-electron chi connectivity index (χ2n) is 4.97. The molecule has 6 nitrogen and oxygen atoms in total. The molecule has 3 rings (SSSR count). The fourth-order valence-electron chi connectivity index (χ4n) is 2.77. The fraction of sp³-hybridized carbons (Fsp3) is 0.357. The molecule has 0 unspecified atom stereocenters. The Kier molecular flexibility index (Phi) is 3.65. The highest BCUT2D eigenvalue weighted by atomic mass is 35.5. The molecule has 0 saturated carbocycles. The van der Waals surface area contributed by atoms with Crippen LogP contribution in [-0.4, -0.2) is 32.4 Å². The molecular formula is C14H15ClN4O2. The van der Waals surface area contributed by atoms with Crippen LogP contribution in [-0.2, 0) is 19.4 Å². The maximum atomic E-state index is 11.6. The van der Waals surface area contributed by atoms with Crippen molar-refractivity contribution in [2.45, 2.75) is 25.8 Å². The van der Waals surface area contributed by atoms with E-state index >= 15 is 0 Å². The zero-order valence-electron chi connectivity index (χ0n) is 11.3. The molecule has 0 radical (unpaired) electrons. The quantitative estimate of drug-likeness (QED) is 0.839. The second-order valence-corrected chi connectivity index (χ2v) is 5.33. The van der Waals surface area contributed by atoms with Crippen molar-refractivity contribution in [3.8, 4) is 11.3 Å². The molecule has 0 fully saturated rings. The van der Waals surface area contributed by atoms with Gasteiger partial charge in [0.1, 0.15) is 10.8 Å². The van der Waals surface area contributed by atoms with Gasteiger partial charge < -0.3 is 10.8 Å². The van der Waals surface area contributed by atoms with Gasteiger partial charge in [0, 0.05) is 23.9 Å². The van der Waals surface area contributed by atoms with Gasteiger partial charge in [0.2, 0.25) is 0 Å². The Morgan fingerprint density at radius 3 is 2.90 bits per heavy atom. The van der Waals surface area contributed by atoms with E-state index in [2.05, 4.69) is 10.1 Å². The Hall–Kier alpha value is -1.92. The average Bonchev–Trinajstić information content (AvgIpc) is 2.84. The summed E-state index contributed by atoms with van der Waals surface area (Å²) in [5, 5.41) is 14.4. The van der Waals surface area contributed by atoms with Crippen molar-refractivity contribution >= 4 is 17.6 Å². The summed E-state index contributed by atoms with van der Waals surface area (Å²) in [4.78, 5) is 15.6. The first-order chi connectivity index (χ1) is 10.1. The minimum atomic E-state index is -0.954. The third-order valence-corrected chi connectivity index (χ3v) is 4.04. The average molecular weight is 307 g/mol. The molecule has 2 aromatic heterocycles. The summed E-state index contributed by atoms with van der Waals surface area (Å²) in [5.74, 6) is -0.954. The van der Waals surface area contributed by atoms with Crippen molar-refractivity contribution < 1.29 is 9.90 Å². The van der Waals surface area contributed by atoms with E-state index in [9.17, 15) is 9.90 Å². The van der Waals surface area contributed by atoms with Crippen molar-refractivity contribution in [1.82, 2.24) is 14.8 Å². The van der Waals surface area contributed by atoms with Crippen LogP contribution < -0.4 is 5.73 Å². The molecule has 1 aliphatic rings. The van der Waals surface area contributed by atoms with E-state index in [1.54, 1.807) is 10.9 Å². The molecule has 0 bridgehead atoms. The van der Waals surface area contributed by atoms with Crippen LogP contribution in [0.1, 0.15) is 28.0 Å². The van der Waals surface area contributed by atoms with Gasteiger partial charge in [0.05, 0.1) is 5.69 Å². The van der Waals surface area contributed by atoms with Gasteiger partial charge in [-0.2, -0.15) is 5.10 Å². The molecule has 0 aromatic carbocycles. The number of carbonyl (C=O) groups is 1. The minimum Gasteiger partial charge on any atom is -0.477 e. The molecule has 0 aliphatic heterocycles. The Balaban J connectivity index is 2.16. The van der Waals surface area contributed by atoms with Gasteiger partial charge >= 0.3 is 5.97 Å². The zero-order valence-corrected chi connectivity index (χ0v) is 12.1. The lowest BCUT2D eigenvalue weighted by Crippen LogP contribution is -2.14. The number of carboxylic acid groups (broad SMARTS) is 1. The first kappa shape index (κ1) is 14.0. The van der Waals surface area contributed by atoms with Gasteiger partial charge in [-0.1, -0.05) is 11.6 Å². The van der Waals surface area contributed by atoms with E-state index < -0.39 is 5.97 Å². The van der Waals surface area contributed by atoms with Crippen molar-refractivity contribution in [3.63, 3.8) is 0 Å². The maximum absolute atomic E-state index is 11.6. The van der Waals surface area contributed by atoms with E-state index in [4.69, 9.17) is 17.3 Å². The Labute approximate surface area is 126 Å². The van der Waals surface area contributed by atoms with Gasteiger partial charge in [-0.25, -0.2) is 9.78 Å². The number of halogens is 1. The normalized spacial score (nSPS) is 12.9. The maximum Gasteiger partial charge on any atom is 0.354 e. The van der Waals surface area contributed by atoms with E-state index in [1.807, 2.05) is 6.07 Å². The molecule has 110 valence electrons. The highest BCUT2D eigenvalue weighted by Gasteiger charge is 2.29. The van der Waals surface area contributed by atoms with Crippen molar-refractivity contribution in [2.24, 2.45) is 5.73 Å². The van der Waals surface area contributed by atoms with E-state index in [1.165, 1.54) is 0 Å². The van der Waals surface area contributed by atoms with Crippen LogP contribution in [0.2, 0.25) is 5.15 Å². The molecule has 1 aliphatic carbocycles. The topological polar surface area (TPSA) is 94.0 Å². The minimum absolute atomic E-state index is 0.261. The summed E-state index contributed by atoms with van der Waals surface area (Å²) in [6.45, 7) is 0.995. The number of nitrogens with two attached hydrogens (primary N) is 1. The SMILES string of the molecule is NCCCn1nc2c(c1C(=O)O)CCc1c-2ccnc1Cl. The van der Waals surface area contributed by atoms with Crippen molar-refractivity contribution in [1.29, 1.82) is 0 Å². The first-order valence-corrected chi connectivity index (χ1v) is 7.18. The predicted molar refractivity (Wildman–Crippen MR) is 78.5 cm³/mol. The van der Waals surface area contributed by atoms with Crippen LogP contribution in [0.5, 0.6) is 0 Å². The molecule has 0 spiro atoms. The number of fused-ring (bicyclic) bond motifs is 3. The summed E-state index contributed by atoms with van der Waals surface area (Å²) in [6.07, 6.45) is 3.59. The smallest absolute Gasteiger partial charge is 0.354 e. The predicted octanol–water partition coefficient (Wildman–Crippen LogP) is 1.74. The molecule has 0 atom stereocenters. The largest absolute Gasteiger partial charge is 0.477 e. The van der Waals surface area contributed by atoms with Crippen molar-refractivity contribution in [3.05, 3.63) is 34.2 Å². The third-order valence-electron chi connectivity index (χ3n) is 3.71. The summed E-state index contributed by atoms with van der Waals surface area (Å²) in [6, 6.07) is 1.84. The zero-order chi connectivity index (χ0) is 15.0. The van der Waals surface area contributed by atoms with Gasteiger partial charge in [0.15, 0.2) is 0 Å². The van der Waals surface area contributed by atoms with Crippen LogP contribution in [0.3, 0.4) is 0 Å². The molecule has 21 heavy (non-hydrogen) atoms. The molecule has 3 N–H and O–H groups in total. The van der Waals surface area contributed by atoms with Gasteiger partial charge in [-0.05, 0) is 37.4 Å². The summed E-state index contributed by atoms with van der Waals surface area (Å²) < 4.78 is 1.54. The van der Waals surface area contributed by atoms with Crippen LogP contribution in [0.15, 0.2) is 12.3 Å². The van der Waals surface area contributed by atoms with Gasteiger partial charge in [0.25, 0.3) is 0 Å². The Morgan fingerprint density at radius 2 is 2.19 bits per heavy atom. The van der Waals surface area contributed by atoms with Crippen molar-refractivity contribution in [2.75, 3.05) is 6.54 Å². The number of rotatable bonds is 4. The van der Waals surface area contributed by atoms with Crippen LogP contribution in [0.4, 0.5) is 0 Å². The third kappa shape index (κ3) is 2.30. The molecule has 2 heterocycles. The molecule has 7 heteroatoms. The lowest BCUT2D eigenvalue weighted by atomic mass is 9.90. The Bertz CT molecular complexity index is 711. The number of nitrogens with zero attached hydrogens (tertiary/aromatic N) is 3. The number of carboxylic acids is 1. The lowest BCUT2D eigenvalue weighted by molar-refractivity contribution is 0.0681. The molecular weight excluding hydrogens is 292 g/mol. The number of pyridine rings is 1. The number of aromatic nitrogens is 3. The molecule has 2 aromatic rings. The monoisotopic (exact) mass is 306 g/mol. The van der Waals surface area contributed by atoms with Crippen LogP contribution in [0.25, 0.3) is 11.3 Å². The van der Waals surface area contributed by atoms with Gasteiger partial charge in [-0.15, -0.1) is 0 Å². The number of hydrogen-bond donors (Lipinski definition) is 2. The fourth-order valence-corrected chi connectivity index (χ4v) is 3.02. The summed E-state index contributed by atoms with van der Waals surface area (Å²) >= 11 is 6.12. The summed E-state index contributed by atoms with van der Waals surface area (Å²) in [5.41, 5.74) is 9.06. The lowest BCUT2D eigenvalue weighted by Gasteiger charge is -2.15. The van der Waals surface area contributed by atoms with E-state index in [-0.39, 0.29) is 5.69 Å². The highest BCUT2D eigenvalue weighted by molar-refractivity contribution is 6.30. The standard InChI is InChI=1S/C14H15ClN4O2/c15-13-9-2-3-10-11(8(9)4-6-17-13)18-19(7-1-5-16)12(10)14(20)21/h4,6H,1-3,5,7,16H2,(H,20,21). The number of aromatic carboxylic acids is 1. The summed E-state index contributed by atoms with van der Waals surface area (Å²) in [7, 11) is 0. The molecule has 0 saturated heterocycles. The highest BCUT2D eigenvalue weighted by Crippen LogP contribution is 2.36. The first-order valence-electron chi connectivity index (χ1n) is 6.80. The number of aryl methyl sites for hydroxylation is 1. The van der Waals surface area contributed by atoms with E-state index in [0.29, 0.717) is 43.2 Å². The molecule has 0 amide bonds. The van der Waals surface area contributed by atoms with E-state index in [0.717, 1.165) is 16.7 Å².